The Morgan fingerprint density at radius 1 is 0.946 bits per heavy atom. The second-order valence-electron chi connectivity index (χ2n) is 8.64. The Morgan fingerprint density at radius 2 is 1.65 bits per heavy atom. The van der Waals surface area contributed by atoms with Crippen LogP contribution in [0.1, 0.15) is 52.9 Å². The molecular weight excluding hydrogens is 700 g/mol. The third-order valence-electron chi connectivity index (χ3n) is 5.91. The lowest BCUT2D eigenvalue weighted by Gasteiger charge is -2.09. The highest BCUT2D eigenvalue weighted by atomic mass is 127. The number of phenolic OH excluding ortho intramolecular Hbond substituents is 2. The molecule has 0 aliphatic carbocycles. The summed E-state index contributed by atoms with van der Waals surface area (Å²) in [5.41, 5.74) is 7.39. The van der Waals surface area contributed by atoms with Crippen molar-refractivity contribution in [2.75, 3.05) is 0 Å². The zero-order chi connectivity index (χ0) is 26.5. The van der Waals surface area contributed by atoms with Crippen LogP contribution in [0.15, 0.2) is 59.0 Å². The molecule has 0 bridgehead atoms. The van der Waals surface area contributed by atoms with E-state index in [0.717, 1.165) is 12.0 Å². The van der Waals surface area contributed by atoms with Gasteiger partial charge in [-0.1, -0.05) is 36.8 Å². The number of unbranched alkanes of at least 4 members (excludes halogenated alkanes) is 2. The highest BCUT2D eigenvalue weighted by Gasteiger charge is 2.25. The van der Waals surface area contributed by atoms with Crippen molar-refractivity contribution in [2.45, 2.75) is 38.7 Å². The van der Waals surface area contributed by atoms with Crippen LogP contribution in [0.5, 0.6) is 17.2 Å². The predicted octanol–water partition coefficient (Wildman–Crippen LogP) is 6.45. The van der Waals surface area contributed by atoms with Crippen molar-refractivity contribution < 1.29 is 29.0 Å². The van der Waals surface area contributed by atoms with Gasteiger partial charge in [-0.3, -0.25) is 9.59 Å². The molecule has 7 nitrogen and oxygen atoms in total. The molecule has 37 heavy (non-hydrogen) atoms. The number of nitrogens with two attached hydrogens (primary N) is 1. The number of primary amides is 1. The number of fused-ring (bicyclic) bond motifs is 1. The van der Waals surface area contributed by atoms with E-state index in [1.165, 1.54) is 6.07 Å². The van der Waals surface area contributed by atoms with Gasteiger partial charge in [0.25, 0.3) is 0 Å². The molecule has 4 aromatic rings. The molecule has 0 fully saturated rings. The van der Waals surface area contributed by atoms with Crippen molar-refractivity contribution in [3.8, 4) is 17.2 Å². The SMILES string of the molecule is NC(=O)CCCCCc1oc2cc(OCc3ccccc3)c(O)cc2c1C(=O)c1cc(I)c(O)c(I)c1. The monoisotopic (exact) mass is 725 g/mol. The third kappa shape index (κ3) is 6.56. The second kappa shape index (κ2) is 12.2. The topological polar surface area (TPSA) is 123 Å². The molecule has 1 aromatic heterocycles. The van der Waals surface area contributed by atoms with Crippen LogP contribution in [-0.4, -0.2) is 21.9 Å². The number of ether oxygens (including phenoxy) is 1. The van der Waals surface area contributed by atoms with Crippen LogP contribution >= 0.6 is 45.2 Å². The summed E-state index contributed by atoms with van der Waals surface area (Å²) < 4.78 is 13.1. The first-order valence-corrected chi connectivity index (χ1v) is 13.9. The number of aromatic hydroxyl groups is 2. The maximum atomic E-state index is 13.7. The Balaban J connectivity index is 1.69. The van der Waals surface area contributed by atoms with Gasteiger partial charge in [-0.05, 0) is 81.8 Å². The van der Waals surface area contributed by atoms with Crippen molar-refractivity contribution in [1.29, 1.82) is 0 Å². The minimum absolute atomic E-state index is 0.0962. The van der Waals surface area contributed by atoms with Crippen LogP contribution < -0.4 is 10.5 Å². The van der Waals surface area contributed by atoms with Crippen LogP contribution in [0.4, 0.5) is 0 Å². The van der Waals surface area contributed by atoms with Gasteiger partial charge in [0.05, 0.1) is 12.7 Å². The minimum Gasteiger partial charge on any atom is -0.506 e. The Kier molecular flexibility index (Phi) is 8.95. The number of benzene rings is 3. The third-order valence-corrected chi connectivity index (χ3v) is 7.56. The number of hydrogen-bond acceptors (Lipinski definition) is 6. The van der Waals surface area contributed by atoms with E-state index in [-0.39, 0.29) is 35.5 Å². The number of ketones is 1. The summed E-state index contributed by atoms with van der Waals surface area (Å²) in [6, 6.07) is 16.0. The molecule has 192 valence electrons. The average Bonchev–Trinajstić information content (AvgIpc) is 3.22. The van der Waals surface area contributed by atoms with E-state index in [1.807, 2.05) is 75.5 Å². The van der Waals surface area contributed by atoms with E-state index in [4.69, 9.17) is 14.9 Å². The molecule has 0 spiro atoms. The van der Waals surface area contributed by atoms with E-state index in [0.29, 0.717) is 60.7 Å². The van der Waals surface area contributed by atoms with Crippen LogP contribution in [0.25, 0.3) is 11.0 Å². The van der Waals surface area contributed by atoms with Crippen molar-refractivity contribution in [3.05, 3.63) is 84.2 Å². The lowest BCUT2D eigenvalue weighted by molar-refractivity contribution is -0.118. The number of halogens is 2. The fourth-order valence-corrected chi connectivity index (χ4v) is 5.81. The maximum absolute atomic E-state index is 13.7. The molecular formula is C28H25I2NO6. The summed E-state index contributed by atoms with van der Waals surface area (Å²) >= 11 is 3.98. The standard InChI is InChI=1S/C28H25I2NO6/c29-19-11-17(12-20(30)28(19)35)27(34)26-18-13-21(32)24(36-15-16-7-3-1-4-8-16)14-23(18)37-22(26)9-5-2-6-10-25(31)33/h1,3-4,7-8,11-14,32,35H,2,5-6,9-10,15H2,(H2,31,33). The summed E-state index contributed by atoms with van der Waals surface area (Å²) in [6.45, 7) is 0.267. The molecule has 1 amide bonds. The van der Waals surface area contributed by atoms with Gasteiger partial charge in [0, 0.05) is 29.9 Å². The van der Waals surface area contributed by atoms with Gasteiger partial charge in [-0.25, -0.2) is 0 Å². The van der Waals surface area contributed by atoms with Gasteiger partial charge in [0.1, 0.15) is 23.7 Å². The van der Waals surface area contributed by atoms with E-state index in [2.05, 4.69) is 0 Å². The first-order valence-electron chi connectivity index (χ1n) is 11.7. The van der Waals surface area contributed by atoms with Crippen molar-refractivity contribution >= 4 is 67.8 Å². The molecule has 0 saturated carbocycles. The van der Waals surface area contributed by atoms with E-state index < -0.39 is 0 Å². The quantitative estimate of drug-likeness (QED) is 0.0929. The van der Waals surface area contributed by atoms with Crippen LogP contribution in [-0.2, 0) is 17.8 Å². The number of furan rings is 1. The number of aryl methyl sites for hydroxylation is 1. The Hall–Kier alpha value is -2.80. The van der Waals surface area contributed by atoms with Gasteiger partial charge >= 0.3 is 0 Å². The van der Waals surface area contributed by atoms with Gasteiger partial charge in [0.15, 0.2) is 17.3 Å². The van der Waals surface area contributed by atoms with Gasteiger partial charge < -0.3 is 25.1 Å². The zero-order valence-corrected chi connectivity index (χ0v) is 24.1. The number of hydrogen-bond donors (Lipinski definition) is 3. The summed E-state index contributed by atoms with van der Waals surface area (Å²) in [7, 11) is 0. The minimum atomic E-state index is -0.338. The van der Waals surface area contributed by atoms with E-state index in [9.17, 15) is 19.8 Å². The smallest absolute Gasteiger partial charge is 0.217 e. The molecule has 4 rings (SSSR count). The summed E-state index contributed by atoms with van der Waals surface area (Å²) in [6.07, 6.45) is 2.89. The van der Waals surface area contributed by atoms with Crippen LogP contribution in [0.3, 0.4) is 0 Å². The molecule has 3 aromatic carbocycles. The van der Waals surface area contributed by atoms with Gasteiger partial charge in [0.2, 0.25) is 5.91 Å². The highest BCUT2D eigenvalue weighted by Crippen LogP contribution is 2.38. The molecule has 0 saturated heterocycles. The highest BCUT2D eigenvalue weighted by molar-refractivity contribution is 14.1. The summed E-state index contributed by atoms with van der Waals surface area (Å²) in [5, 5.41) is 21.4. The van der Waals surface area contributed by atoms with Crippen LogP contribution in [0, 0.1) is 7.14 Å². The normalized spacial score (nSPS) is 11.1. The lowest BCUT2D eigenvalue weighted by Crippen LogP contribution is -2.09. The van der Waals surface area contributed by atoms with Crippen molar-refractivity contribution in [1.82, 2.24) is 0 Å². The zero-order valence-electron chi connectivity index (χ0n) is 19.8. The van der Waals surface area contributed by atoms with Crippen LogP contribution in [0.2, 0.25) is 0 Å². The Morgan fingerprint density at radius 3 is 2.32 bits per heavy atom. The molecule has 0 unspecified atom stereocenters. The number of rotatable bonds is 11. The first kappa shape index (κ1) is 27.2. The molecule has 9 heteroatoms. The number of phenols is 2. The Labute approximate surface area is 241 Å². The van der Waals surface area contributed by atoms with E-state index >= 15 is 0 Å². The Bertz CT molecular complexity index is 1430. The fraction of sp³-hybridized carbons (Fsp3) is 0.214. The summed E-state index contributed by atoms with van der Waals surface area (Å²) in [5.74, 6) is 0.180. The fourth-order valence-electron chi connectivity index (χ4n) is 4.04. The predicted molar refractivity (Wildman–Crippen MR) is 157 cm³/mol. The number of amides is 1. The molecule has 0 aliphatic heterocycles. The number of carbonyl (C=O) groups excluding carboxylic acids is 2. The van der Waals surface area contributed by atoms with Gasteiger partial charge in [-0.2, -0.15) is 0 Å². The van der Waals surface area contributed by atoms with E-state index in [1.54, 1.807) is 18.2 Å². The lowest BCUT2D eigenvalue weighted by atomic mass is 9.97. The largest absolute Gasteiger partial charge is 0.506 e. The maximum Gasteiger partial charge on any atom is 0.217 e. The van der Waals surface area contributed by atoms with Crippen molar-refractivity contribution in [3.63, 3.8) is 0 Å². The van der Waals surface area contributed by atoms with Gasteiger partial charge in [-0.15, -0.1) is 0 Å². The summed E-state index contributed by atoms with van der Waals surface area (Å²) in [4.78, 5) is 24.8. The molecule has 0 atom stereocenters. The molecule has 1 heterocycles. The second-order valence-corrected chi connectivity index (χ2v) is 11.0. The van der Waals surface area contributed by atoms with Crippen molar-refractivity contribution in [2.24, 2.45) is 5.73 Å². The molecule has 0 radical (unpaired) electrons. The number of carbonyl (C=O) groups is 2. The molecule has 4 N–H and O–H groups in total. The average molecular weight is 725 g/mol. The first-order chi connectivity index (χ1) is 17.7. The molecule has 0 aliphatic rings.